The first kappa shape index (κ1) is 19.6. The topological polar surface area (TPSA) is 73.2 Å². The van der Waals surface area contributed by atoms with Crippen LogP contribution in [-0.4, -0.2) is 28.8 Å². The molecule has 0 aliphatic carbocycles. The monoisotopic (exact) mass is 397 g/mol. The first-order chi connectivity index (χ1) is 13.4. The number of benzene rings is 2. The van der Waals surface area contributed by atoms with Gasteiger partial charge in [0.05, 0.1) is 36.2 Å². The Labute approximate surface area is 168 Å². The molecule has 1 aromatic heterocycles. The molecule has 0 saturated heterocycles. The lowest BCUT2D eigenvalue weighted by atomic mass is 10.1. The summed E-state index contributed by atoms with van der Waals surface area (Å²) < 4.78 is 6.34. The Morgan fingerprint density at radius 1 is 1.11 bits per heavy atom. The molecular formula is C21H20ClN3O3. The zero-order valence-corrected chi connectivity index (χ0v) is 16.6. The summed E-state index contributed by atoms with van der Waals surface area (Å²) in [7, 11) is 1.29. The van der Waals surface area contributed by atoms with Gasteiger partial charge in [-0.15, -0.1) is 0 Å². The Bertz CT molecular complexity index is 1030. The van der Waals surface area contributed by atoms with E-state index >= 15 is 0 Å². The van der Waals surface area contributed by atoms with Gasteiger partial charge in [-0.3, -0.25) is 4.79 Å². The van der Waals surface area contributed by atoms with Crippen LogP contribution < -0.4 is 5.32 Å². The number of halogens is 1. The number of aryl methyl sites for hydroxylation is 2. The normalized spacial score (nSPS) is 10.6. The van der Waals surface area contributed by atoms with Crippen LogP contribution in [0, 0.1) is 13.8 Å². The van der Waals surface area contributed by atoms with E-state index in [0.717, 1.165) is 11.1 Å². The lowest BCUT2D eigenvalue weighted by Gasteiger charge is -2.09. The molecule has 3 aromatic rings. The predicted molar refractivity (Wildman–Crippen MR) is 108 cm³/mol. The molecule has 1 N–H and O–H groups in total. The number of methoxy groups -OCH3 is 1. The van der Waals surface area contributed by atoms with Crippen LogP contribution >= 0.6 is 11.6 Å². The molecule has 3 rings (SSSR count). The molecule has 0 unspecified atom stereocenters. The number of hydrogen-bond donors (Lipinski definition) is 1. The van der Waals surface area contributed by atoms with Crippen molar-refractivity contribution >= 4 is 29.2 Å². The van der Waals surface area contributed by atoms with E-state index in [0.29, 0.717) is 17.9 Å². The highest BCUT2D eigenvalue weighted by molar-refractivity contribution is 6.33. The van der Waals surface area contributed by atoms with Gasteiger partial charge in [-0.25, -0.2) is 9.48 Å². The second-order valence-corrected chi connectivity index (χ2v) is 6.74. The number of nitrogens with one attached hydrogen (secondary N) is 1. The summed E-state index contributed by atoms with van der Waals surface area (Å²) in [6.45, 7) is 4.19. The van der Waals surface area contributed by atoms with Crippen LogP contribution in [0.5, 0.6) is 0 Å². The molecule has 0 saturated carbocycles. The standard InChI is InChI=1S/C21H20ClN3O3/c1-13-8-10-15(11-9-13)12-25-19(22)18(14(2)24-25)20(26)23-17-7-5-4-6-16(17)21(27)28-3/h4-11H,12H2,1-3H3,(H,23,26). The number of anilines is 1. The first-order valence-corrected chi connectivity index (χ1v) is 9.05. The fourth-order valence-corrected chi connectivity index (χ4v) is 3.17. The zero-order chi connectivity index (χ0) is 20.3. The van der Waals surface area contributed by atoms with Gasteiger partial charge >= 0.3 is 5.97 Å². The smallest absolute Gasteiger partial charge is 0.339 e. The second kappa shape index (κ2) is 8.27. The third kappa shape index (κ3) is 4.07. The van der Waals surface area contributed by atoms with Gasteiger partial charge in [0, 0.05) is 0 Å². The highest BCUT2D eigenvalue weighted by Crippen LogP contribution is 2.24. The van der Waals surface area contributed by atoms with Crippen molar-refractivity contribution < 1.29 is 14.3 Å². The highest BCUT2D eigenvalue weighted by Gasteiger charge is 2.22. The van der Waals surface area contributed by atoms with E-state index < -0.39 is 11.9 Å². The molecule has 28 heavy (non-hydrogen) atoms. The molecule has 7 heteroatoms. The molecule has 0 radical (unpaired) electrons. The van der Waals surface area contributed by atoms with Crippen molar-refractivity contribution in [3.8, 4) is 0 Å². The lowest BCUT2D eigenvalue weighted by Crippen LogP contribution is -2.16. The van der Waals surface area contributed by atoms with Crippen molar-refractivity contribution in [1.29, 1.82) is 0 Å². The van der Waals surface area contributed by atoms with E-state index in [4.69, 9.17) is 16.3 Å². The lowest BCUT2D eigenvalue weighted by molar-refractivity contribution is 0.0602. The second-order valence-electron chi connectivity index (χ2n) is 6.39. The number of carbonyl (C=O) groups excluding carboxylic acids is 2. The minimum absolute atomic E-state index is 0.242. The Balaban J connectivity index is 1.86. The molecule has 6 nitrogen and oxygen atoms in total. The summed E-state index contributed by atoms with van der Waals surface area (Å²) in [5.74, 6) is -0.970. The molecule has 144 valence electrons. The Kier molecular flexibility index (Phi) is 5.80. The van der Waals surface area contributed by atoms with Gasteiger partial charge in [0.2, 0.25) is 0 Å². The molecule has 0 atom stereocenters. The largest absolute Gasteiger partial charge is 0.465 e. The number of nitrogens with zero attached hydrogens (tertiary/aromatic N) is 2. The van der Waals surface area contributed by atoms with Crippen molar-refractivity contribution in [2.75, 3.05) is 12.4 Å². The number of carbonyl (C=O) groups is 2. The quantitative estimate of drug-likeness (QED) is 0.653. The van der Waals surface area contributed by atoms with Gasteiger partial charge in [-0.05, 0) is 31.5 Å². The number of hydrogen-bond acceptors (Lipinski definition) is 4. The molecule has 0 bridgehead atoms. The van der Waals surface area contributed by atoms with Gasteiger partial charge in [-0.2, -0.15) is 5.10 Å². The number of esters is 1. The summed E-state index contributed by atoms with van der Waals surface area (Å²) in [6.07, 6.45) is 0. The van der Waals surface area contributed by atoms with Crippen molar-refractivity contribution in [1.82, 2.24) is 9.78 Å². The van der Waals surface area contributed by atoms with Crippen molar-refractivity contribution in [2.24, 2.45) is 0 Å². The van der Waals surface area contributed by atoms with E-state index in [9.17, 15) is 9.59 Å². The highest BCUT2D eigenvalue weighted by atomic mass is 35.5. The SMILES string of the molecule is COC(=O)c1ccccc1NC(=O)c1c(C)nn(Cc2ccc(C)cc2)c1Cl. The van der Waals surface area contributed by atoms with Gasteiger partial charge in [0.1, 0.15) is 5.15 Å². The van der Waals surface area contributed by atoms with E-state index in [-0.39, 0.29) is 16.3 Å². The maximum absolute atomic E-state index is 12.8. The summed E-state index contributed by atoms with van der Waals surface area (Å²) >= 11 is 6.45. The van der Waals surface area contributed by atoms with Crippen LogP contribution in [0.1, 0.15) is 37.5 Å². The van der Waals surface area contributed by atoms with Crippen molar-refractivity contribution in [2.45, 2.75) is 20.4 Å². The van der Waals surface area contributed by atoms with Crippen LogP contribution in [0.4, 0.5) is 5.69 Å². The summed E-state index contributed by atoms with van der Waals surface area (Å²) in [5.41, 5.74) is 3.58. The maximum atomic E-state index is 12.8. The Morgan fingerprint density at radius 2 is 1.79 bits per heavy atom. The number of amides is 1. The summed E-state index contributed by atoms with van der Waals surface area (Å²) in [6, 6.07) is 14.6. The van der Waals surface area contributed by atoms with Crippen LogP contribution in [0.25, 0.3) is 0 Å². The third-order valence-electron chi connectivity index (χ3n) is 4.33. The summed E-state index contributed by atoms with van der Waals surface area (Å²) in [5, 5.41) is 7.37. The average molecular weight is 398 g/mol. The molecule has 0 spiro atoms. The van der Waals surface area contributed by atoms with E-state index in [1.165, 1.54) is 7.11 Å². The third-order valence-corrected chi connectivity index (χ3v) is 4.71. The number of rotatable bonds is 5. The number of aromatic nitrogens is 2. The fraction of sp³-hybridized carbons (Fsp3) is 0.190. The van der Waals surface area contributed by atoms with Crippen LogP contribution in [-0.2, 0) is 11.3 Å². The first-order valence-electron chi connectivity index (χ1n) is 8.68. The van der Waals surface area contributed by atoms with E-state index in [1.807, 2.05) is 31.2 Å². The molecule has 0 aliphatic heterocycles. The average Bonchev–Trinajstić information content (AvgIpc) is 2.96. The minimum atomic E-state index is -0.534. The van der Waals surface area contributed by atoms with Crippen molar-refractivity contribution in [3.63, 3.8) is 0 Å². The van der Waals surface area contributed by atoms with E-state index in [2.05, 4.69) is 10.4 Å². The van der Waals surface area contributed by atoms with Crippen LogP contribution in [0.2, 0.25) is 5.15 Å². The zero-order valence-electron chi connectivity index (χ0n) is 15.8. The minimum Gasteiger partial charge on any atom is -0.465 e. The van der Waals surface area contributed by atoms with Crippen molar-refractivity contribution in [3.05, 3.63) is 81.6 Å². The van der Waals surface area contributed by atoms with E-state index in [1.54, 1.807) is 35.9 Å². The summed E-state index contributed by atoms with van der Waals surface area (Å²) in [4.78, 5) is 24.7. The van der Waals surface area contributed by atoms with Gasteiger partial charge < -0.3 is 10.1 Å². The molecule has 0 fully saturated rings. The maximum Gasteiger partial charge on any atom is 0.339 e. The molecule has 1 amide bonds. The molecule has 1 heterocycles. The van der Waals surface area contributed by atoms with Gasteiger partial charge in [0.25, 0.3) is 5.91 Å². The fourth-order valence-electron chi connectivity index (χ4n) is 2.85. The number of ether oxygens (including phenoxy) is 1. The number of para-hydroxylation sites is 1. The molecule has 0 aliphatic rings. The Morgan fingerprint density at radius 3 is 2.46 bits per heavy atom. The van der Waals surface area contributed by atoms with Crippen LogP contribution in [0.15, 0.2) is 48.5 Å². The van der Waals surface area contributed by atoms with Crippen LogP contribution in [0.3, 0.4) is 0 Å². The van der Waals surface area contributed by atoms with Gasteiger partial charge in [-0.1, -0.05) is 53.6 Å². The van der Waals surface area contributed by atoms with Gasteiger partial charge in [0.15, 0.2) is 0 Å². The molecule has 2 aromatic carbocycles. The Hall–Kier alpha value is -3.12. The molecular weight excluding hydrogens is 378 g/mol. The predicted octanol–water partition coefficient (Wildman–Crippen LogP) is 4.24.